The topological polar surface area (TPSA) is 110 Å². The molecule has 2 aromatic carbocycles. The van der Waals surface area contributed by atoms with Crippen molar-refractivity contribution < 1.29 is 34.1 Å². The zero-order valence-electron chi connectivity index (χ0n) is 15.5. The summed E-state index contributed by atoms with van der Waals surface area (Å²) in [4.78, 5) is 34.1. The van der Waals surface area contributed by atoms with Gasteiger partial charge in [0.1, 0.15) is 0 Å². The Balaban J connectivity index is 1.98. The molecule has 0 amide bonds. The van der Waals surface area contributed by atoms with Crippen LogP contribution in [0.5, 0.6) is 23.0 Å². The first-order chi connectivity index (χ1) is 13.9. The lowest BCUT2D eigenvalue weighted by atomic mass is 10.1. The van der Waals surface area contributed by atoms with E-state index in [0.717, 1.165) is 6.26 Å². The monoisotopic (exact) mass is 394 g/mol. The number of hydrogen-bond acceptors (Lipinski definition) is 7. The average molecular weight is 394 g/mol. The summed E-state index contributed by atoms with van der Waals surface area (Å²) in [6.07, 6.45) is 5.92. The molecule has 0 saturated carbocycles. The molecule has 0 spiro atoms. The van der Waals surface area contributed by atoms with Gasteiger partial charge in [-0.05, 0) is 47.5 Å². The van der Waals surface area contributed by atoms with Crippen LogP contribution in [0, 0.1) is 0 Å². The first kappa shape index (κ1) is 21.2. The van der Waals surface area contributed by atoms with Crippen molar-refractivity contribution in [2.75, 3.05) is 7.11 Å². The van der Waals surface area contributed by atoms with Crippen LogP contribution in [-0.2, 0) is 14.4 Å². The third kappa shape index (κ3) is 6.53. The van der Waals surface area contributed by atoms with Crippen LogP contribution in [0.25, 0.3) is 12.2 Å². The van der Waals surface area contributed by atoms with E-state index in [9.17, 15) is 24.6 Å². The Morgan fingerprint density at radius 3 is 1.97 bits per heavy atom. The van der Waals surface area contributed by atoms with Crippen LogP contribution in [-0.4, -0.2) is 34.8 Å². The second kappa shape index (κ2) is 10.3. The first-order valence-electron chi connectivity index (χ1n) is 8.41. The number of carbonyl (C=O) groups excluding carboxylic acids is 3. The van der Waals surface area contributed by atoms with Gasteiger partial charge in [0.2, 0.25) is 0 Å². The highest BCUT2D eigenvalue weighted by atomic mass is 16.5. The largest absolute Gasteiger partial charge is 0.504 e. The summed E-state index contributed by atoms with van der Waals surface area (Å²) in [6, 6.07) is 8.91. The van der Waals surface area contributed by atoms with E-state index >= 15 is 0 Å². The quantitative estimate of drug-likeness (QED) is 0.291. The Kier molecular flexibility index (Phi) is 7.53. The molecule has 2 rings (SSSR count). The van der Waals surface area contributed by atoms with Crippen molar-refractivity contribution in [3.8, 4) is 23.0 Å². The van der Waals surface area contributed by atoms with E-state index in [1.54, 1.807) is 12.1 Å². The summed E-state index contributed by atoms with van der Waals surface area (Å²) < 4.78 is 9.88. The van der Waals surface area contributed by atoms with Crippen LogP contribution in [0.2, 0.25) is 0 Å². The van der Waals surface area contributed by atoms with E-state index in [1.807, 2.05) is 0 Å². The van der Waals surface area contributed by atoms with Crippen molar-refractivity contribution in [3.05, 3.63) is 65.9 Å². The van der Waals surface area contributed by atoms with Crippen LogP contribution < -0.4 is 9.47 Å². The number of ether oxygens (including phenoxy) is 2. The molecule has 7 nitrogen and oxygen atoms in total. The molecule has 2 N–H and O–H groups in total. The van der Waals surface area contributed by atoms with Crippen molar-refractivity contribution in [2.45, 2.75) is 6.42 Å². The molecule has 0 bridgehead atoms. The van der Waals surface area contributed by atoms with E-state index in [-0.39, 0.29) is 29.4 Å². The van der Waals surface area contributed by atoms with Crippen LogP contribution in [0.15, 0.2) is 54.8 Å². The van der Waals surface area contributed by atoms with Crippen LogP contribution in [0.1, 0.15) is 17.5 Å². The Labute approximate surface area is 166 Å². The number of benzene rings is 2. The molecule has 0 aliphatic heterocycles. The fourth-order valence-corrected chi connectivity index (χ4v) is 2.28. The molecule has 0 atom stereocenters. The van der Waals surface area contributed by atoms with E-state index in [4.69, 9.17) is 9.47 Å². The number of hydrogen-bond donors (Lipinski definition) is 2. The minimum absolute atomic E-state index is 0.0127. The van der Waals surface area contributed by atoms with Crippen LogP contribution in [0.4, 0.5) is 0 Å². The molecule has 0 radical (unpaired) electrons. The van der Waals surface area contributed by atoms with Gasteiger partial charge in [0, 0.05) is 0 Å². The van der Waals surface area contributed by atoms with Gasteiger partial charge in [-0.15, -0.1) is 0 Å². The second-order valence-electron chi connectivity index (χ2n) is 5.79. The minimum Gasteiger partial charge on any atom is -0.504 e. The number of phenols is 2. The second-order valence-corrected chi connectivity index (χ2v) is 5.79. The number of phenolic OH excluding ortho intramolecular Hbond substituents is 2. The molecular formula is C22H18O7. The fraction of sp³-hybridized carbons (Fsp3) is 0.0909. The summed E-state index contributed by atoms with van der Waals surface area (Å²) in [7, 11) is 1.42. The van der Waals surface area contributed by atoms with Crippen molar-refractivity contribution in [2.24, 2.45) is 0 Å². The molecule has 7 heteroatoms. The van der Waals surface area contributed by atoms with Gasteiger partial charge in [0.25, 0.3) is 0 Å². The molecule has 0 aromatic heterocycles. The predicted molar refractivity (Wildman–Crippen MR) is 106 cm³/mol. The van der Waals surface area contributed by atoms with E-state index in [0.29, 0.717) is 11.1 Å². The molecule has 0 unspecified atom stereocenters. The number of carbonyl (C=O) groups is 2. The smallest absolute Gasteiger partial charge is 0.175 e. The van der Waals surface area contributed by atoms with E-state index in [1.165, 1.54) is 61.6 Å². The molecule has 29 heavy (non-hydrogen) atoms. The summed E-state index contributed by atoms with van der Waals surface area (Å²) in [5, 5.41) is 19.2. The number of rotatable bonds is 9. The highest BCUT2D eigenvalue weighted by molar-refractivity contribution is 6.10. The maximum atomic E-state index is 12.0. The van der Waals surface area contributed by atoms with Crippen molar-refractivity contribution in [1.82, 2.24) is 0 Å². The Morgan fingerprint density at radius 1 is 0.931 bits per heavy atom. The molecule has 0 fully saturated rings. The zero-order valence-corrected chi connectivity index (χ0v) is 15.5. The summed E-state index contributed by atoms with van der Waals surface area (Å²) in [5.41, 5.74) is 1.17. The third-order valence-electron chi connectivity index (χ3n) is 3.69. The van der Waals surface area contributed by atoms with Gasteiger partial charge in [0.05, 0.1) is 13.5 Å². The number of allylic oxidation sites excluding steroid dienone is 2. The maximum Gasteiger partial charge on any atom is 0.175 e. The fourth-order valence-electron chi connectivity index (χ4n) is 2.28. The van der Waals surface area contributed by atoms with E-state index < -0.39 is 11.6 Å². The number of ketones is 2. The standard InChI is InChI=1S/C22H18O7/c1-28-21-12-15(4-8-19(21)26)2-6-17(24)14-18(25)7-3-16-5-9-20(27)22(13-16)29-11-10-23/h2-9,11-13,26-27H,14H2,1H3. The van der Waals surface area contributed by atoms with E-state index in [2.05, 4.69) is 0 Å². The number of methoxy groups -OCH3 is 1. The zero-order chi connectivity index (χ0) is 21.2. The maximum absolute atomic E-state index is 12.0. The first-order valence-corrected chi connectivity index (χ1v) is 8.41. The summed E-state index contributed by atoms with van der Waals surface area (Å²) in [6.45, 7) is 0. The molecule has 0 saturated heterocycles. The van der Waals surface area contributed by atoms with Gasteiger partial charge in [0.15, 0.2) is 46.8 Å². The molecule has 0 aliphatic rings. The summed E-state index contributed by atoms with van der Waals surface area (Å²) >= 11 is 0. The molecular weight excluding hydrogens is 376 g/mol. The predicted octanol–water partition coefficient (Wildman–Crippen LogP) is 3.09. The van der Waals surface area contributed by atoms with Crippen LogP contribution >= 0.6 is 0 Å². The van der Waals surface area contributed by atoms with Crippen molar-refractivity contribution in [1.29, 1.82) is 0 Å². The van der Waals surface area contributed by atoms with Gasteiger partial charge >= 0.3 is 0 Å². The Morgan fingerprint density at radius 2 is 1.45 bits per heavy atom. The van der Waals surface area contributed by atoms with Crippen molar-refractivity contribution >= 4 is 29.7 Å². The molecule has 0 heterocycles. The van der Waals surface area contributed by atoms with Crippen molar-refractivity contribution in [3.63, 3.8) is 0 Å². The average Bonchev–Trinajstić information content (AvgIpc) is 2.71. The molecule has 2 aromatic rings. The molecule has 0 aliphatic carbocycles. The minimum atomic E-state index is -0.411. The lowest BCUT2D eigenvalue weighted by Gasteiger charge is -2.03. The number of aromatic hydroxyl groups is 2. The third-order valence-corrected chi connectivity index (χ3v) is 3.69. The van der Waals surface area contributed by atoms with Gasteiger partial charge in [-0.25, -0.2) is 4.79 Å². The van der Waals surface area contributed by atoms with Crippen LogP contribution in [0.3, 0.4) is 0 Å². The van der Waals surface area contributed by atoms with Gasteiger partial charge < -0.3 is 19.7 Å². The SMILES string of the molecule is COc1cc(C=CC(=O)CC(=O)C=Cc2ccc(O)c(OC=C=O)c2)ccc1O. The Bertz CT molecular complexity index is 1010. The lowest BCUT2D eigenvalue weighted by molar-refractivity contribution is -0.121. The molecule has 148 valence electrons. The highest BCUT2D eigenvalue weighted by Gasteiger charge is 2.06. The Hall–Kier alpha value is -4.09. The lowest BCUT2D eigenvalue weighted by Crippen LogP contribution is -2.01. The van der Waals surface area contributed by atoms with Gasteiger partial charge in [-0.1, -0.05) is 24.3 Å². The highest BCUT2D eigenvalue weighted by Crippen LogP contribution is 2.28. The summed E-state index contributed by atoms with van der Waals surface area (Å²) in [5.74, 6) is 0.745. The van der Waals surface area contributed by atoms with Gasteiger partial charge in [-0.3, -0.25) is 9.59 Å². The van der Waals surface area contributed by atoms with Gasteiger partial charge in [-0.2, -0.15) is 0 Å². The normalized spacial score (nSPS) is 10.7.